The van der Waals surface area contributed by atoms with Gasteiger partial charge in [-0.15, -0.1) is 10.2 Å². The van der Waals surface area contributed by atoms with Gasteiger partial charge in [0.1, 0.15) is 5.60 Å². The van der Waals surface area contributed by atoms with E-state index in [9.17, 15) is 0 Å². The van der Waals surface area contributed by atoms with E-state index >= 15 is 0 Å². The number of hydrogen-bond acceptors (Lipinski definition) is 4. The number of H-pyrrole nitrogens is 1. The smallest absolute Gasteiger partial charge is 0.205 e. The number of nitrogens with zero attached hydrogens (tertiary/aromatic N) is 3. The molecule has 5 nitrogen and oxygen atoms in total. The van der Waals surface area contributed by atoms with Crippen molar-refractivity contribution in [2.45, 2.75) is 25.9 Å². The van der Waals surface area contributed by atoms with E-state index < -0.39 is 5.60 Å². The summed E-state index contributed by atoms with van der Waals surface area (Å²) in [5, 5.41) is 13.6. The number of aromatic amines is 1. The molecule has 1 rings (SSSR count). The van der Waals surface area contributed by atoms with Crippen molar-refractivity contribution >= 4 is 0 Å². The van der Waals surface area contributed by atoms with Gasteiger partial charge in [-0.05, 0) is 13.3 Å². The van der Waals surface area contributed by atoms with Gasteiger partial charge in [0.15, 0.2) is 0 Å². The van der Waals surface area contributed by atoms with Crippen LogP contribution in [0.5, 0.6) is 0 Å². The van der Waals surface area contributed by atoms with Crippen molar-refractivity contribution in [3.63, 3.8) is 0 Å². The van der Waals surface area contributed by atoms with Crippen LogP contribution in [-0.4, -0.2) is 27.7 Å². The van der Waals surface area contributed by atoms with Crippen molar-refractivity contribution in [1.29, 1.82) is 0 Å². The number of aromatic nitrogens is 4. The number of methoxy groups -OCH3 is 1. The molecule has 0 saturated carbocycles. The number of hydrogen-bond donors (Lipinski definition) is 1. The van der Waals surface area contributed by atoms with Crippen molar-refractivity contribution < 1.29 is 4.74 Å². The van der Waals surface area contributed by atoms with Crippen molar-refractivity contribution in [3.8, 4) is 0 Å². The summed E-state index contributed by atoms with van der Waals surface area (Å²) in [6.07, 6.45) is 0.822. The zero-order chi connectivity index (χ0) is 8.32. The van der Waals surface area contributed by atoms with Crippen LogP contribution in [0.15, 0.2) is 0 Å². The Bertz CT molecular complexity index is 204. The Morgan fingerprint density at radius 1 is 1.64 bits per heavy atom. The molecule has 0 radical (unpaired) electrons. The van der Waals surface area contributed by atoms with Crippen LogP contribution in [0.3, 0.4) is 0 Å². The van der Waals surface area contributed by atoms with E-state index in [4.69, 9.17) is 4.74 Å². The summed E-state index contributed by atoms with van der Waals surface area (Å²) < 4.78 is 5.25. The molecule has 62 valence electrons. The monoisotopic (exact) mass is 156 g/mol. The fraction of sp³-hybridized carbons (Fsp3) is 0.833. The first-order valence-corrected chi connectivity index (χ1v) is 3.52. The summed E-state index contributed by atoms with van der Waals surface area (Å²) in [7, 11) is 1.64. The van der Waals surface area contributed by atoms with E-state index in [0.29, 0.717) is 5.82 Å². The minimum Gasteiger partial charge on any atom is -0.370 e. The van der Waals surface area contributed by atoms with E-state index in [-0.39, 0.29) is 0 Å². The second-order valence-corrected chi connectivity index (χ2v) is 2.52. The van der Waals surface area contributed by atoms with E-state index in [0.717, 1.165) is 6.42 Å². The van der Waals surface area contributed by atoms with Crippen molar-refractivity contribution in [1.82, 2.24) is 20.6 Å². The lowest BCUT2D eigenvalue weighted by atomic mass is 10.0. The molecule has 0 amide bonds. The molecule has 0 saturated heterocycles. The predicted molar refractivity (Wildman–Crippen MR) is 38.8 cm³/mol. The summed E-state index contributed by atoms with van der Waals surface area (Å²) in [6, 6.07) is 0. The van der Waals surface area contributed by atoms with Gasteiger partial charge in [0.2, 0.25) is 5.82 Å². The van der Waals surface area contributed by atoms with Gasteiger partial charge in [-0.3, -0.25) is 0 Å². The van der Waals surface area contributed by atoms with Gasteiger partial charge in [0.25, 0.3) is 0 Å². The van der Waals surface area contributed by atoms with Gasteiger partial charge >= 0.3 is 0 Å². The molecule has 0 spiro atoms. The van der Waals surface area contributed by atoms with E-state index in [1.54, 1.807) is 7.11 Å². The van der Waals surface area contributed by atoms with Crippen LogP contribution in [0.4, 0.5) is 0 Å². The molecule has 0 aliphatic rings. The highest BCUT2D eigenvalue weighted by Crippen LogP contribution is 2.23. The normalized spacial score (nSPS) is 16.3. The van der Waals surface area contributed by atoms with Gasteiger partial charge in [-0.25, -0.2) is 0 Å². The summed E-state index contributed by atoms with van der Waals surface area (Å²) in [5.41, 5.74) is -0.410. The third kappa shape index (κ3) is 1.37. The maximum atomic E-state index is 5.25. The highest BCUT2D eigenvalue weighted by Gasteiger charge is 2.28. The second-order valence-electron chi connectivity index (χ2n) is 2.52. The van der Waals surface area contributed by atoms with E-state index in [1.807, 2.05) is 13.8 Å². The average Bonchev–Trinajstić information content (AvgIpc) is 2.55. The Morgan fingerprint density at radius 3 is 2.73 bits per heavy atom. The summed E-state index contributed by atoms with van der Waals surface area (Å²) in [4.78, 5) is 0. The van der Waals surface area contributed by atoms with Crippen molar-refractivity contribution in [2.75, 3.05) is 7.11 Å². The second kappa shape index (κ2) is 2.96. The molecule has 0 aliphatic carbocycles. The molecular formula is C6H12N4O. The minimum atomic E-state index is -0.410. The maximum Gasteiger partial charge on any atom is 0.205 e. The van der Waals surface area contributed by atoms with Gasteiger partial charge in [-0.2, -0.15) is 5.21 Å². The first kappa shape index (κ1) is 8.13. The molecule has 1 aromatic rings. The van der Waals surface area contributed by atoms with Crippen LogP contribution < -0.4 is 0 Å². The first-order valence-electron chi connectivity index (χ1n) is 3.52. The Morgan fingerprint density at radius 2 is 2.36 bits per heavy atom. The lowest BCUT2D eigenvalue weighted by Gasteiger charge is -2.21. The average molecular weight is 156 g/mol. The topological polar surface area (TPSA) is 63.7 Å². The lowest BCUT2D eigenvalue weighted by molar-refractivity contribution is -0.00893. The number of rotatable bonds is 3. The highest BCUT2D eigenvalue weighted by molar-refractivity contribution is 4.94. The summed E-state index contributed by atoms with van der Waals surface area (Å²) in [6.45, 7) is 3.94. The number of ether oxygens (including phenoxy) is 1. The molecular weight excluding hydrogens is 144 g/mol. The predicted octanol–water partition coefficient (Wildman–Crippen LogP) is 0.471. The molecule has 0 aromatic carbocycles. The van der Waals surface area contributed by atoms with E-state index in [1.165, 1.54) is 0 Å². The lowest BCUT2D eigenvalue weighted by Crippen LogP contribution is -2.24. The van der Waals surface area contributed by atoms with Gasteiger partial charge < -0.3 is 4.74 Å². The molecule has 1 atom stereocenters. The molecule has 1 N–H and O–H groups in total. The summed E-state index contributed by atoms with van der Waals surface area (Å²) >= 11 is 0. The molecule has 1 aromatic heterocycles. The van der Waals surface area contributed by atoms with Crippen molar-refractivity contribution in [2.24, 2.45) is 0 Å². The van der Waals surface area contributed by atoms with Crippen LogP contribution in [0, 0.1) is 0 Å². The molecule has 0 bridgehead atoms. The van der Waals surface area contributed by atoms with Gasteiger partial charge in [0, 0.05) is 7.11 Å². The van der Waals surface area contributed by atoms with Crippen molar-refractivity contribution in [3.05, 3.63) is 5.82 Å². The first-order chi connectivity index (χ1) is 5.23. The standard InChI is InChI=1S/C6H12N4O/c1-4-6(2,11-3)5-7-9-10-8-5/h4H2,1-3H3,(H,7,8,9,10). The third-order valence-corrected chi connectivity index (χ3v) is 1.94. The van der Waals surface area contributed by atoms with Crippen LogP contribution in [0.25, 0.3) is 0 Å². The zero-order valence-electron chi connectivity index (χ0n) is 6.96. The number of nitrogens with one attached hydrogen (secondary N) is 1. The SMILES string of the molecule is CCC(C)(OC)c1nn[nH]n1. The summed E-state index contributed by atoms with van der Waals surface area (Å²) in [5.74, 6) is 0.600. The maximum absolute atomic E-state index is 5.25. The Hall–Kier alpha value is -0.970. The zero-order valence-corrected chi connectivity index (χ0v) is 6.96. The van der Waals surface area contributed by atoms with Crippen LogP contribution >= 0.6 is 0 Å². The Balaban J connectivity index is 2.87. The van der Waals surface area contributed by atoms with E-state index in [2.05, 4.69) is 20.6 Å². The third-order valence-electron chi connectivity index (χ3n) is 1.94. The van der Waals surface area contributed by atoms with Crippen LogP contribution in [0.2, 0.25) is 0 Å². The fourth-order valence-corrected chi connectivity index (χ4v) is 0.780. The largest absolute Gasteiger partial charge is 0.370 e. The highest BCUT2D eigenvalue weighted by atomic mass is 16.5. The molecule has 5 heteroatoms. The van der Waals surface area contributed by atoms with Crippen LogP contribution in [0.1, 0.15) is 26.1 Å². The van der Waals surface area contributed by atoms with Crippen LogP contribution in [-0.2, 0) is 10.3 Å². The molecule has 1 heterocycles. The molecule has 0 aliphatic heterocycles. The molecule has 11 heavy (non-hydrogen) atoms. The van der Waals surface area contributed by atoms with Gasteiger partial charge in [-0.1, -0.05) is 12.1 Å². The van der Waals surface area contributed by atoms with Gasteiger partial charge in [0.05, 0.1) is 0 Å². The molecule has 0 fully saturated rings. The molecule has 1 unspecified atom stereocenters. The number of tetrazole rings is 1. The quantitative estimate of drug-likeness (QED) is 0.691. The Labute approximate surface area is 65.1 Å². The minimum absolute atomic E-state index is 0.410. The fourth-order valence-electron chi connectivity index (χ4n) is 0.780. The Kier molecular flexibility index (Phi) is 2.19.